The maximum Gasteiger partial charge on any atom is 0.325 e. The molecule has 0 aromatic carbocycles. The van der Waals surface area contributed by atoms with Crippen molar-refractivity contribution in [3.63, 3.8) is 0 Å². The molecule has 0 radical (unpaired) electrons. The highest BCUT2D eigenvalue weighted by atomic mass is 31.2. The average molecular weight is 211 g/mol. The average Bonchev–Trinajstić information content (AvgIpc) is 2.30. The highest BCUT2D eigenvalue weighted by Gasteiger charge is 2.36. The van der Waals surface area contributed by atoms with E-state index in [1.165, 1.54) is 0 Å². The molecule has 0 aromatic heterocycles. The summed E-state index contributed by atoms with van der Waals surface area (Å²) in [6.07, 6.45) is -2.67. The fourth-order valence-corrected chi connectivity index (χ4v) is 1.92. The number of hydrogen-bond donors (Lipinski definition) is 2. The van der Waals surface area contributed by atoms with Gasteiger partial charge in [-0.2, -0.15) is 0 Å². The van der Waals surface area contributed by atoms with Crippen LogP contribution in [-0.2, 0) is 13.8 Å². The van der Waals surface area contributed by atoms with E-state index >= 15 is 0 Å². The summed E-state index contributed by atoms with van der Waals surface area (Å²) in [6, 6.07) is 0. The van der Waals surface area contributed by atoms with E-state index in [9.17, 15) is 4.57 Å². The summed E-state index contributed by atoms with van der Waals surface area (Å²) in [5.74, 6) is 0. The van der Waals surface area contributed by atoms with Gasteiger partial charge >= 0.3 is 7.60 Å². The van der Waals surface area contributed by atoms with Crippen LogP contribution in [0.3, 0.4) is 0 Å². The van der Waals surface area contributed by atoms with Gasteiger partial charge in [0.2, 0.25) is 0 Å². The Balaban J connectivity index is 2.69. The van der Waals surface area contributed by atoms with Crippen molar-refractivity contribution >= 4 is 7.60 Å². The van der Waals surface area contributed by atoms with Crippen molar-refractivity contribution in [1.82, 2.24) is 0 Å². The van der Waals surface area contributed by atoms with Crippen LogP contribution >= 0.6 is 7.60 Å². The van der Waals surface area contributed by atoms with E-state index < -0.39 is 32.3 Å². The Morgan fingerprint density at radius 3 is 2.92 bits per heavy atom. The Bertz CT molecular complexity index is 242. The molecule has 5 atom stereocenters. The van der Waals surface area contributed by atoms with E-state index in [0.29, 0.717) is 0 Å². The molecule has 0 saturated carbocycles. The second-order valence-electron chi connectivity index (χ2n) is 3.13. The molecule has 0 aliphatic carbocycles. The van der Waals surface area contributed by atoms with Gasteiger partial charge in [0.25, 0.3) is 0 Å². The molecule has 2 N–H and O–H groups in total. The van der Waals surface area contributed by atoms with Crippen molar-refractivity contribution in [1.29, 1.82) is 0 Å². The second kappa shape index (κ2) is 4.07. The van der Waals surface area contributed by atoms with Gasteiger partial charge in [-0.1, -0.05) is 0 Å². The topological polar surface area (TPSA) is 76.0 Å². The van der Waals surface area contributed by atoms with Crippen molar-refractivity contribution in [2.24, 2.45) is 0 Å². The van der Waals surface area contributed by atoms with Gasteiger partial charge < -0.3 is 19.3 Å². The summed E-state index contributed by atoms with van der Waals surface area (Å²) in [4.78, 5) is 9.01. The number of rotatable bonds is 3. The predicted octanol–water partition coefficient (Wildman–Crippen LogP) is 0.356. The van der Waals surface area contributed by atoms with Crippen molar-refractivity contribution in [2.75, 3.05) is 13.3 Å². The SMILES string of the molecule is [2H]C1C(C)OC(CO)C1OP(C)(=O)O. The van der Waals surface area contributed by atoms with Crippen molar-refractivity contribution in [3.05, 3.63) is 0 Å². The normalized spacial score (nSPS) is 45.7. The number of aliphatic hydroxyl groups is 1. The largest absolute Gasteiger partial charge is 0.394 e. The third-order valence-electron chi connectivity index (χ3n) is 1.71. The fourth-order valence-electron chi connectivity index (χ4n) is 1.27. The van der Waals surface area contributed by atoms with E-state index in [4.69, 9.17) is 20.6 Å². The van der Waals surface area contributed by atoms with E-state index in [1.807, 2.05) is 0 Å². The van der Waals surface area contributed by atoms with Gasteiger partial charge in [-0.15, -0.1) is 0 Å². The Hall–Kier alpha value is 0.0700. The van der Waals surface area contributed by atoms with Gasteiger partial charge in [0.1, 0.15) is 6.10 Å². The Labute approximate surface area is 78.6 Å². The first-order valence-corrected chi connectivity index (χ1v) is 6.05. The zero-order valence-electron chi connectivity index (χ0n) is 8.58. The van der Waals surface area contributed by atoms with Crippen LogP contribution in [0.5, 0.6) is 0 Å². The van der Waals surface area contributed by atoms with Gasteiger partial charge in [-0.05, 0) is 6.92 Å². The molecule has 5 unspecified atom stereocenters. The minimum Gasteiger partial charge on any atom is -0.394 e. The lowest BCUT2D eigenvalue weighted by atomic mass is 10.1. The van der Waals surface area contributed by atoms with Crippen LogP contribution < -0.4 is 0 Å². The molecule has 78 valence electrons. The molecule has 6 heteroatoms. The Morgan fingerprint density at radius 1 is 1.85 bits per heavy atom. The first kappa shape index (κ1) is 9.62. The minimum atomic E-state index is -3.64. The molecule has 0 amide bonds. The lowest BCUT2D eigenvalue weighted by Crippen LogP contribution is -2.26. The lowest BCUT2D eigenvalue weighted by Gasteiger charge is -2.17. The number of ether oxygens (including phenoxy) is 1. The molecule has 1 heterocycles. The van der Waals surface area contributed by atoms with E-state index in [2.05, 4.69) is 0 Å². The smallest absolute Gasteiger partial charge is 0.325 e. The van der Waals surface area contributed by atoms with E-state index in [0.717, 1.165) is 6.66 Å². The third-order valence-corrected chi connectivity index (χ3v) is 2.35. The predicted molar refractivity (Wildman–Crippen MR) is 46.7 cm³/mol. The summed E-state index contributed by atoms with van der Waals surface area (Å²) < 4.78 is 28.6. The van der Waals surface area contributed by atoms with Gasteiger partial charge in [0.05, 0.1) is 18.8 Å². The first-order valence-electron chi connectivity index (χ1n) is 4.60. The highest BCUT2D eigenvalue weighted by Crippen LogP contribution is 2.42. The maximum absolute atomic E-state index is 11.0. The molecule has 0 bridgehead atoms. The zero-order valence-corrected chi connectivity index (χ0v) is 8.48. The van der Waals surface area contributed by atoms with Gasteiger partial charge in [0, 0.05) is 14.4 Å². The molecule has 0 spiro atoms. The molecule has 1 fully saturated rings. The maximum atomic E-state index is 11.0. The Morgan fingerprint density at radius 2 is 2.46 bits per heavy atom. The van der Waals surface area contributed by atoms with Crippen LogP contribution in [0.15, 0.2) is 0 Å². The number of aliphatic hydroxyl groups excluding tert-OH is 1. The first-order chi connectivity index (χ1) is 6.35. The van der Waals surface area contributed by atoms with Crippen molar-refractivity contribution < 1.29 is 25.2 Å². The van der Waals surface area contributed by atoms with Crippen LogP contribution in [0.25, 0.3) is 0 Å². The van der Waals surface area contributed by atoms with Crippen LogP contribution in [-0.4, -0.2) is 41.6 Å². The lowest BCUT2D eigenvalue weighted by molar-refractivity contribution is -0.0125. The summed E-state index contributed by atoms with van der Waals surface area (Å²) in [5.41, 5.74) is 0. The van der Waals surface area contributed by atoms with Gasteiger partial charge in [0.15, 0.2) is 0 Å². The molecule has 5 nitrogen and oxygen atoms in total. The van der Waals surface area contributed by atoms with Crippen LogP contribution in [0.4, 0.5) is 0 Å². The third kappa shape index (κ3) is 3.37. The fraction of sp³-hybridized carbons (Fsp3) is 1.00. The molecular formula is C7H15O5P. The molecule has 1 aliphatic rings. The zero-order chi connectivity index (χ0) is 10.9. The quantitative estimate of drug-likeness (QED) is 0.659. The van der Waals surface area contributed by atoms with Crippen LogP contribution in [0.1, 0.15) is 14.7 Å². The minimum absolute atomic E-state index is 0.315. The second-order valence-corrected chi connectivity index (χ2v) is 4.94. The molecule has 1 aliphatic heterocycles. The van der Waals surface area contributed by atoms with Crippen molar-refractivity contribution in [2.45, 2.75) is 31.6 Å². The molecule has 0 aromatic rings. The highest BCUT2D eigenvalue weighted by molar-refractivity contribution is 7.51. The van der Waals surface area contributed by atoms with Gasteiger partial charge in [-0.3, -0.25) is 4.57 Å². The van der Waals surface area contributed by atoms with Crippen molar-refractivity contribution in [3.8, 4) is 0 Å². The van der Waals surface area contributed by atoms with Gasteiger partial charge in [-0.25, -0.2) is 0 Å². The van der Waals surface area contributed by atoms with Crippen LogP contribution in [0, 0.1) is 0 Å². The van der Waals surface area contributed by atoms with Crippen LogP contribution in [0.2, 0.25) is 0 Å². The Kier molecular flexibility index (Phi) is 3.01. The molecular weight excluding hydrogens is 195 g/mol. The number of hydrogen-bond acceptors (Lipinski definition) is 4. The summed E-state index contributed by atoms with van der Waals surface area (Å²) in [6.45, 7) is 2.41. The van der Waals surface area contributed by atoms with E-state index in [-0.39, 0.29) is 6.61 Å². The molecule has 13 heavy (non-hydrogen) atoms. The molecule has 1 rings (SSSR count). The summed E-state index contributed by atoms with van der Waals surface area (Å²) >= 11 is 0. The summed E-state index contributed by atoms with van der Waals surface area (Å²) in [7, 11) is -3.64. The van der Waals surface area contributed by atoms with E-state index in [1.54, 1.807) is 6.92 Å². The monoisotopic (exact) mass is 211 g/mol. The standard InChI is InChI=1S/C7H15O5P/c1-5-3-6(7(4-8)11-5)12-13(2,9)10/h5-8H,3-4H2,1-2H3,(H,9,10)/i3D. The summed E-state index contributed by atoms with van der Waals surface area (Å²) in [5, 5.41) is 8.91. The molecule has 1 saturated heterocycles.